The molecule has 0 spiro atoms. The van der Waals surface area contributed by atoms with E-state index >= 15 is 0 Å². The van der Waals surface area contributed by atoms with Gasteiger partial charge in [-0.2, -0.15) is 0 Å². The SMILES string of the molecule is O=C(NC1CCCCC1)C1c2ccccc2OCC(=O)N1Cc1ccccn1. The molecule has 1 aliphatic heterocycles. The van der Waals surface area contributed by atoms with Gasteiger partial charge in [-0.25, -0.2) is 0 Å². The van der Waals surface area contributed by atoms with Gasteiger partial charge in [0.05, 0.1) is 12.2 Å². The number of aromatic nitrogens is 1. The van der Waals surface area contributed by atoms with Gasteiger partial charge in [-0.1, -0.05) is 43.5 Å². The highest BCUT2D eigenvalue weighted by molar-refractivity contribution is 5.90. The number of ether oxygens (including phenoxy) is 1. The average molecular weight is 379 g/mol. The maximum Gasteiger partial charge on any atom is 0.261 e. The molecule has 1 saturated carbocycles. The summed E-state index contributed by atoms with van der Waals surface area (Å²) in [6.07, 6.45) is 7.16. The standard InChI is InChI=1S/C22H25N3O3/c26-20-15-28-19-12-5-4-11-18(19)21(22(27)24-16-8-2-1-3-9-16)25(20)14-17-10-6-7-13-23-17/h4-7,10-13,16,21H,1-3,8-9,14-15H2,(H,24,27). The lowest BCUT2D eigenvalue weighted by Gasteiger charge is -2.31. The number of fused-ring (bicyclic) bond motifs is 1. The smallest absolute Gasteiger partial charge is 0.261 e. The number of hydrogen-bond acceptors (Lipinski definition) is 4. The molecule has 0 bridgehead atoms. The molecule has 1 unspecified atom stereocenters. The Morgan fingerprint density at radius 1 is 1.11 bits per heavy atom. The summed E-state index contributed by atoms with van der Waals surface area (Å²) in [5.74, 6) is 0.225. The van der Waals surface area contributed by atoms with Crippen molar-refractivity contribution < 1.29 is 14.3 Å². The lowest BCUT2D eigenvalue weighted by Crippen LogP contribution is -2.47. The summed E-state index contributed by atoms with van der Waals surface area (Å²) >= 11 is 0. The molecule has 28 heavy (non-hydrogen) atoms. The Morgan fingerprint density at radius 3 is 2.68 bits per heavy atom. The molecule has 2 aromatic rings. The summed E-state index contributed by atoms with van der Waals surface area (Å²) in [7, 11) is 0. The summed E-state index contributed by atoms with van der Waals surface area (Å²) in [6, 6.07) is 12.4. The first-order valence-corrected chi connectivity index (χ1v) is 9.94. The molecule has 1 fully saturated rings. The van der Waals surface area contributed by atoms with E-state index in [1.54, 1.807) is 11.1 Å². The summed E-state index contributed by atoms with van der Waals surface area (Å²) in [5.41, 5.74) is 1.46. The molecule has 1 atom stereocenters. The van der Waals surface area contributed by atoms with E-state index in [1.807, 2.05) is 42.5 Å². The minimum atomic E-state index is -0.727. The predicted octanol–water partition coefficient (Wildman–Crippen LogP) is 2.99. The van der Waals surface area contributed by atoms with Gasteiger partial charge in [0.1, 0.15) is 11.8 Å². The van der Waals surface area contributed by atoms with Crippen LogP contribution in [-0.4, -0.2) is 34.3 Å². The minimum Gasteiger partial charge on any atom is -0.483 e. The number of rotatable bonds is 4. The average Bonchev–Trinajstić information content (AvgIpc) is 2.87. The Bertz CT molecular complexity index is 834. The van der Waals surface area contributed by atoms with Crippen molar-refractivity contribution in [2.24, 2.45) is 0 Å². The molecular weight excluding hydrogens is 354 g/mol. The van der Waals surface area contributed by atoms with Crippen molar-refractivity contribution in [2.45, 2.75) is 50.7 Å². The summed E-state index contributed by atoms with van der Waals surface area (Å²) < 4.78 is 5.71. The summed E-state index contributed by atoms with van der Waals surface area (Å²) in [4.78, 5) is 32.2. The fourth-order valence-corrected chi connectivity index (χ4v) is 4.03. The maximum absolute atomic E-state index is 13.3. The third kappa shape index (κ3) is 4.01. The van der Waals surface area contributed by atoms with Crippen LogP contribution in [0, 0.1) is 0 Å². The highest BCUT2D eigenvalue weighted by Crippen LogP contribution is 2.34. The van der Waals surface area contributed by atoms with Gasteiger partial charge in [0.15, 0.2) is 6.61 Å². The van der Waals surface area contributed by atoms with Crippen LogP contribution < -0.4 is 10.1 Å². The van der Waals surface area contributed by atoms with Crippen LogP contribution in [0.3, 0.4) is 0 Å². The van der Waals surface area contributed by atoms with Crippen LogP contribution in [0.5, 0.6) is 5.75 Å². The molecule has 1 aromatic heterocycles. The molecule has 6 nitrogen and oxygen atoms in total. The van der Waals surface area contributed by atoms with Crippen LogP contribution in [0.4, 0.5) is 0 Å². The Hall–Kier alpha value is -2.89. The van der Waals surface area contributed by atoms with Crippen LogP contribution in [0.15, 0.2) is 48.7 Å². The minimum absolute atomic E-state index is 0.0863. The van der Waals surface area contributed by atoms with Crippen LogP contribution in [-0.2, 0) is 16.1 Å². The lowest BCUT2D eigenvalue weighted by atomic mass is 9.94. The molecule has 1 N–H and O–H groups in total. The molecule has 4 rings (SSSR count). The van der Waals surface area contributed by atoms with Gasteiger partial charge in [-0.05, 0) is 31.0 Å². The zero-order chi connectivity index (χ0) is 19.3. The second-order valence-electron chi connectivity index (χ2n) is 7.42. The Kier molecular flexibility index (Phi) is 5.55. The third-order valence-corrected chi connectivity index (χ3v) is 5.46. The second-order valence-corrected chi connectivity index (χ2v) is 7.42. The zero-order valence-electron chi connectivity index (χ0n) is 15.8. The number of nitrogens with zero attached hydrogens (tertiary/aromatic N) is 2. The van der Waals surface area contributed by atoms with Gasteiger partial charge >= 0.3 is 0 Å². The van der Waals surface area contributed by atoms with Crippen molar-refractivity contribution in [2.75, 3.05) is 6.61 Å². The van der Waals surface area contributed by atoms with Crippen molar-refractivity contribution in [1.82, 2.24) is 15.2 Å². The van der Waals surface area contributed by atoms with E-state index < -0.39 is 6.04 Å². The molecule has 0 saturated heterocycles. The summed E-state index contributed by atoms with van der Waals surface area (Å²) in [6.45, 7) is 0.178. The highest BCUT2D eigenvalue weighted by atomic mass is 16.5. The highest BCUT2D eigenvalue weighted by Gasteiger charge is 2.37. The van der Waals surface area contributed by atoms with Crippen molar-refractivity contribution in [1.29, 1.82) is 0 Å². The van der Waals surface area contributed by atoms with E-state index in [4.69, 9.17) is 4.74 Å². The number of nitrogens with one attached hydrogen (secondary N) is 1. The number of hydrogen-bond donors (Lipinski definition) is 1. The Balaban J connectivity index is 1.66. The van der Waals surface area contributed by atoms with E-state index in [-0.39, 0.29) is 31.0 Å². The van der Waals surface area contributed by atoms with Gasteiger partial charge in [0.2, 0.25) is 5.91 Å². The number of pyridine rings is 1. The van der Waals surface area contributed by atoms with Gasteiger partial charge in [-0.3, -0.25) is 14.6 Å². The predicted molar refractivity (Wildman–Crippen MR) is 104 cm³/mol. The fraction of sp³-hybridized carbons (Fsp3) is 0.409. The first-order chi connectivity index (χ1) is 13.7. The van der Waals surface area contributed by atoms with Crippen LogP contribution in [0.25, 0.3) is 0 Å². The van der Waals surface area contributed by atoms with Gasteiger partial charge in [0, 0.05) is 17.8 Å². The summed E-state index contributed by atoms with van der Waals surface area (Å²) in [5, 5.41) is 3.18. The number of carbonyl (C=O) groups is 2. The molecule has 6 heteroatoms. The van der Waals surface area contributed by atoms with E-state index in [1.165, 1.54) is 6.42 Å². The fourth-order valence-electron chi connectivity index (χ4n) is 4.03. The van der Waals surface area contributed by atoms with Crippen molar-refractivity contribution in [3.8, 4) is 5.75 Å². The number of carbonyl (C=O) groups excluding carboxylic acids is 2. The van der Waals surface area contributed by atoms with Crippen molar-refractivity contribution in [3.63, 3.8) is 0 Å². The maximum atomic E-state index is 13.3. The Labute approximate surface area is 164 Å². The van der Waals surface area contributed by atoms with E-state index in [9.17, 15) is 9.59 Å². The topological polar surface area (TPSA) is 71.5 Å². The third-order valence-electron chi connectivity index (χ3n) is 5.46. The van der Waals surface area contributed by atoms with Crippen molar-refractivity contribution in [3.05, 3.63) is 59.9 Å². The monoisotopic (exact) mass is 379 g/mol. The molecule has 2 heterocycles. The van der Waals surface area contributed by atoms with E-state index in [0.717, 1.165) is 36.9 Å². The quantitative estimate of drug-likeness (QED) is 0.886. The number of para-hydroxylation sites is 1. The van der Waals surface area contributed by atoms with E-state index in [0.29, 0.717) is 5.75 Å². The number of benzene rings is 1. The number of amides is 2. The molecule has 1 aliphatic carbocycles. The van der Waals surface area contributed by atoms with E-state index in [2.05, 4.69) is 10.3 Å². The zero-order valence-corrected chi connectivity index (χ0v) is 15.8. The van der Waals surface area contributed by atoms with Crippen molar-refractivity contribution >= 4 is 11.8 Å². The first-order valence-electron chi connectivity index (χ1n) is 9.94. The Morgan fingerprint density at radius 2 is 1.89 bits per heavy atom. The molecule has 146 valence electrons. The first kappa shape index (κ1) is 18.5. The molecule has 1 aromatic carbocycles. The van der Waals surface area contributed by atoms with Gasteiger partial charge < -0.3 is 15.0 Å². The van der Waals surface area contributed by atoms with Gasteiger partial charge in [-0.15, -0.1) is 0 Å². The molecule has 2 amide bonds. The molecule has 0 radical (unpaired) electrons. The largest absolute Gasteiger partial charge is 0.483 e. The molecular formula is C22H25N3O3. The van der Waals surface area contributed by atoms with Crippen LogP contribution in [0.1, 0.15) is 49.4 Å². The lowest BCUT2D eigenvalue weighted by molar-refractivity contribution is -0.142. The van der Waals surface area contributed by atoms with Crippen LogP contribution in [0.2, 0.25) is 0 Å². The second kappa shape index (κ2) is 8.42. The van der Waals surface area contributed by atoms with Gasteiger partial charge in [0.25, 0.3) is 5.91 Å². The normalized spacial score (nSPS) is 20.1. The van der Waals surface area contributed by atoms with Crippen LogP contribution >= 0.6 is 0 Å². The molecule has 2 aliphatic rings.